The second kappa shape index (κ2) is 7.12. The van der Waals surface area contributed by atoms with Crippen molar-refractivity contribution in [2.24, 2.45) is 0 Å². The van der Waals surface area contributed by atoms with Gasteiger partial charge in [-0.05, 0) is 37.1 Å². The Morgan fingerprint density at radius 3 is 3.12 bits per heavy atom. The Morgan fingerprint density at radius 1 is 1.32 bits per heavy atom. The number of benzene rings is 1. The number of ether oxygens (including phenoxy) is 1. The topological polar surface area (TPSA) is 52.0 Å². The summed E-state index contributed by atoms with van der Waals surface area (Å²) in [4.78, 5) is 9.02. The molecule has 25 heavy (non-hydrogen) atoms. The van der Waals surface area contributed by atoms with Crippen LogP contribution in [0.3, 0.4) is 0 Å². The Morgan fingerprint density at radius 2 is 2.24 bits per heavy atom. The highest BCUT2D eigenvalue weighted by Crippen LogP contribution is 2.29. The monoisotopic (exact) mass is 356 g/mol. The van der Waals surface area contributed by atoms with Gasteiger partial charge in [-0.2, -0.15) is 0 Å². The molecule has 1 fully saturated rings. The first-order valence-electron chi connectivity index (χ1n) is 8.65. The van der Waals surface area contributed by atoms with E-state index in [1.54, 1.807) is 0 Å². The van der Waals surface area contributed by atoms with E-state index < -0.39 is 0 Å². The summed E-state index contributed by atoms with van der Waals surface area (Å²) in [5, 5.41) is 5.43. The first kappa shape index (κ1) is 16.5. The van der Waals surface area contributed by atoms with Gasteiger partial charge in [0, 0.05) is 54.7 Å². The van der Waals surface area contributed by atoms with Gasteiger partial charge in [0.2, 0.25) is 0 Å². The summed E-state index contributed by atoms with van der Waals surface area (Å²) in [6.45, 7) is 4.45. The number of pyridine rings is 1. The smallest absolute Gasteiger partial charge is 0.139 e. The second-order valence-corrected chi connectivity index (χ2v) is 6.72. The number of halogens is 1. The predicted molar refractivity (Wildman–Crippen MR) is 98.6 cm³/mol. The van der Waals surface area contributed by atoms with Crippen molar-refractivity contribution in [2.45, 2.75) is 38.6 Å². The van der Waals surface area contributed by atoms with Crippen LogP contribution in [0.1, 0.15) is 30.8 Å². The molecule has 3 heterocycles. The van der Waals surface area contributed by atoms with Crippen LogP contribution >= 0.6 is 11.6 Å². The van der Waals surface area contributed by atoms with Gasteiger partial charge in [-0.1, -0.05) is 17.7 Å². The normalized spacial score (nSPS) is 20.4. The van der Waals surface area contributed by atoms with Crippen LogP contribution < -0.4 is 5.32 Å². The molecule has 1 aromatic carbocycles. The summed E-state index contributed by atoms with van der Waals surface area (Å²) < 4.78 is 8.10. The fourth-order valence-electron chi connectivity index (χ4n) is 3.50. The van der Waals surface area contributed by atoms with Gasteiger partial charge in [-0.15, -0.1) is 0 Å². The molecule has 0 spiro atoms. The zero-order valence-electron chi connectivity index (χ0n) is 14.2. The Bertz CT molecular complexity index is 879. The fourth-order valence-corrected chi connectivity index (χ4v) is 3.75. The minimum Gasteiger partial charge on any atom is -0.369 e. The average molecular weight is 357 g/mol. The fraction of sp³-hybridized carbons (Fsp3) is 0.368. The van der Waals surface area contributed by atoms with E-state index in [9.17, 15) is 0 Å². The third kappa shape index (κ3) is 3.27. The van der Waals surface area contributed by atoms with E-state index in [0.717, 1.165) is 46.9 Å². The molecule has 5 nitrogen and oxygen atoms in total. The third-order valence-electron chi connectivity index (χ3n) is 4.74. The minimum absolute atomic E-state index is 0.0200. The van der Waals surface area contributed by atoms with Crippen LogP contribution in [-0.4, -0.2) is 27.2 Å². The molecular weight excluding hydrogens is 336 g/mol. The van der Waals surface area contributed by atoms with Crippen molar-refractivity contribution in [3.8, 4) is 0 Å². The maximum atomic E-state index is 6.28. The molecule has 0 bridgehead atoms. The van der Waals surface area contributed by atoms with Crippen molar-refractivity contribution in [3.63, 3.8) is 0 Å². The molecule has 2 atom stereocenters. The van der Waals surface area contributed by atoms with E-state index in [0.29, 0.717) is 6.54 Å². The molecule has 1 aliphatic heterocycles. The van der Waals surface area contributed by atoms with Gasteiger partial charge in [-0.25, -0.2) is 4.98 Å². The lowest BCUT2D eigenvalue weighted by Gasteiger charge is -2.20. The molecule has 1 N–H and O–H groups in total. The number of nitrogens with one attached hydrogen (secondary N) is 1. The van der Waals surface area contributed by atoms with E-state index in [1.165, 1.54) is 0 Å². The number of fused-ring (bicyclic) bond motifs is 1. The molecule has 1 saturated heterocycles. The van der Waals surface area contributed by atoms with Crippen molar-refractivity contribution in [1.82, 2.24) is 19.9 Å². The van der Waals surface area contributed by atoms with Crippen LogP contribution in [0.2, 0.25) is 5.02 Å². The first-order chi connectivity index (χ1) is 12.3. The van der Waals surface area contributed by atoms with Crippen molar-refractivity contribution < 1.29 is 4.74 Å². The zero-order valence-corrected chi connectivity index (χ0v) is 14.9. The van der Waals surface area contributed by atoms with Crippen LogP contribution in [0.5, 0.6) is 0 Å². The predicted octanol–water partition coefficient (Wildman–Crippen LogP) is 3.72. The second-order valence-electron chi connectivity index (χ2n) is 6.28. The van der Waals surface area contributed by atoms with Crippen LogP contribution in [0.4, 0.5) is 0 Å². The van der Waals surface area contributed by atoms with Crippen LogP contribution in [0.25, 0.3) is 10.9 Å². The number of nitrogens with zero attached hydrogens (tertiary/aromatic N) is 3. The summed E-state index contributed by atoms with van der Waals surface area (Å²) in [6, 6.07) is 8.14. The molecule has 6 heteroatoms. The maximum Gasteiger partial charge on any atom is 0.139 e. The quantitative estimate of drug-likeness (QED) is 0.757. The molecule has 4 rings (SSSR count). The first-order valence-corrected chi connectivity index (χ1v) is 9.03. The SMILES string of the molecule is CCn1ccnc1[C@H]1OCC[C@@H]1NCc1cc(Cl)cc2cccnc12. The van der Waals surface area contributed by atoms with Gasteiger partial charge in [0.25, 0.3) is 0 Å². The van der Waals surface area contributed by atoms with Crippen LogP contribution in [-0.2, 0) is 17.8 Å². The molecule has 0 radical (unpaired) electrons. The molecule has 0 amide bonds. The summed E-state index contributed by atoms with van der Waals surface area (Å²) in [6.07, 6.45) is 6.61. The summed E-state index contributed by atoms with van der Waals surface area (Å²) in [7, 11) is 0. The van der Waals surface area contributed by atoms with Crippen molar-refractivity contribution in [2.75, 3.05) is 6.61 Å². The molecule has 3 aromatic rings. The van der Waals surface area contributed by atoms with Gasteiger partial charge >= 0.3 is 0 Å². The molecule has 130 valence electrons. The number of rotatable bonds is 5. The van der Waals surface area contributed by atoms with Gasteiger partial charge in [0.05, 0.1) is 5.52 Å². The highest BCUT2D eigenvalue weighted by Gasteiger charge is 2.32. The lowest BCUT2D eigenvalue weighted by molar-refractivity contribution is 0.0886. The van der Waals surface area contributed by atoms with Crippen molar-refractivity contribution in [1.29, 1.82) is 0 Å². The van der Waals surface area contributed by atoms with Gasteiger partial charge < -0.3 is 14.6 Å². The molecule has 2 aromatic heterocycles. The van der Waals surface area contributed by atoms with E-state index in [2.05, 4.69) is 26.8 Å². The molecule has 0 saturated carbocycles. The number of hydrogen-bond donors (Lipinski definition) is 1. The van der Waals surface area contributed by atoms with Crippen molar-refractivity contribution in [3.05, 3.63) is 59.3 Å². The van der Waals surface area contributed by atoms with Crippen LogP contribution in [0.15, 0.2) is 42.9 Å². The third-order valence-corrected chi connectivity index (χ3v) is 4.96. The van der Waals surface area contributed by atoms with Gasteiger partial charge in [-0.3, -0.25) is 4.98 Å². The standard InChI is InChI=1S/C19H21ClN4O/c1-2-24-8-7-22-19(24)18-16(5-9-25-18)23-12-14-11-15(20)10-13-4-3-6-21-17(13)14/h3-4,6-8,10-11,16,18,23H,2,5,9,12H2,1H3/t16-,18-/m0/s1. The van der Waals surface area contributed by atoms with E-state index in [4.69, 9.17) is 16.3 Å². The summed E-state index contributed by atoms with van der Waals surface area (Å²) >= 11 is 6.28. The van der Waals surface area contributed by atoms with Crippen LogP contribution in [0, 0.1) is 0 Å². The van der Waals surface area contributed by atoms with E-state index in [1.807, 2.05) is 42.9 Å². The number of hydrogen-bond acceptors (Lipinski definition) is 4. The lowest BCUT2D eigenvalue weighted by atomic mass is 10.1. The Labute approximate surface area is 152 Å². The van der Waals surface area contributed by atoms with Gasteiger partial charge in [0.1, 0.15) is 11.9 Å². The zero-order chi connectivity index (χ0) is 17.2. The van der Waals surface area contributed by atoms with Crippen molar-refractivity contribution >= 4 is 22.5 Å². The molecular formula is C19H21ClN4O. The van der Waals surface area contributed by atoms with E-state index in [-0.39, 0.29) is 12.1 Å². The Hall–Kier alpha value is -1.95. The minimum atomic E-state index is -0.0200. The molecule has 0 aliphatic carbocycles. The summed E-state index contributed by atoms with van der Waals surface area (Å²) in [5.41, 5.74) is 2.09. The molecule has 1 aliphatic rings. The number of aryl methyl sites for hydroxylation is 1. The highest BCUT2D eigenvalue weighted by atomic mass is 35.5. The number of imidazole rings is 1. The molecule has 0 unspecified atom stereocenters. The highest BCUT2D eigenvalue weighted by molar-refractivity contribution is 6.31. The van der Waals surface area contributed by atoms with E-state index >= 15 is 0 Å². The Balaban J connectivity index is 1.55. The Kier molecular flexibility index (Phi) is 4.70. The maximum absolute atomic E-state index is 6.28. The largest absolute Gasteiger partial charge is 0.369 e. The summed E-state index contributed by atoms with van der Waals surface area (Å²) in [5.74, 6) is 0.992. The van der Waals surface area contributed by atoms with Gasteiger partial charge in [0.15, 0.2) is 0 Å². The lowest BCUT2D eigenvalue weighted by Crippen LogP contribution is -2.32. The number of aromatic nitrogens is 3. The average Bonchev–Trinajstić information content (AvgIpc) is 3.27.